The topological polar surface area (TPSA) is 89.6 Å². The zero-order chi connectivity index (χ0) is 13.4. The highest BCUT2D eigenvalue weighted by molar-refractivity contribution is 7.18. The third kappa shape index (κ3) is 2.13. The van der Waals surface area contributed by atoms with Crippen molar-refractivity contribution >= 4 is 27.4 Å². The quantitative estimate of drug-likeness (QED) is 0.548. The van der Waals surface area contributed by atoms with E-state index in [0.717, 1.165) is 20.7 Å². The van der Waals surface area contributed by atoms with Gasteiger partial charge in [0.15, 0.2) is 11.6 Å². The molecule has 0 aliphatic rings. The van der Waals surface area contributed by atoms with Crippen LogP contribution in [0.1, 0.15) is 10.4 Å². The molecule has 0 saturated heterocycles. The highest BCUT2D eigenvalue weighted by Crippen LogP contribution is 2.29. The molecule has 0 unspecified atom stereocenters. The first-order valence-corrected chi connectivity index (χ1v) is 6.53. The number of hydrogen-bond donors (Lipinski definition) is 2. The van der Waals surface area contributed by atoms with Crippen LogP contribution in [0.15, 0.2) is 18.5 Å². The van der Waals surface area contributed by atoms with Crippen LogP contribution in [-0.2, 0) is 0 Å². The maximum absolute atomic E-state index is 5.52. The maximum Gasteiger partial charge on any atom is 0.201 e. The Labute approximate surface area is 113 Å². The number of nitrogens with zero attached hydrogens (tertiary/aromatic N) is 4. The van der Waals surface area contributed by atoms with Gasteiger partial charge in [0.2, 0.25) is 5.82 Å². The van der Waals surface area contributed by atoms with Crippen molar-refractivity contribution in [1.29, 1.82) is 0 Å². The molecule has 3 heterocycles. The normalized spacial score (nSPS) is 10.9. The van der Waals surface area contributed by atoms with Gasteiger partial charge < -0.3 is 5.43 Å². The summed E-state index contributed by atoms with van der Waals surface area (Å²) in [7, 11) is 0. The number of hydrazine groups is 1. The molecular formula is C12H12N6S. The van der Waals surface area contributed by atoms with Crippen molar-refractivity contribution in [2.24, 2.45) is 5.84 Å². The third-order valence-electron chi connectivity index (χ3n) is 2.63. The van der Waals surface area contributed by atoms with Gasteiger partial charge in [-0.2, -0.15) is 0 Å². The summed E-state index contributed by atoms with van der Waals surface area (Å²) in [6.07, 6.45) is 3.48. The van der Waals surface area contributed by atoms with Crippen LogP contribution in [0.5, 0.6) is 0 Å². The number of aromatic nitrogens is 4. The monoisotopic (exact) mass is 272 g/mol. The van der Waals surface area contributed by atoms with E-state index in [1.807, 2.05) is 19.9 Å². The summed E-state index contributed by atoms with van der Waals surface area (Å²) in [5.74, 6) is 7.08. The van der Waals surface area contributed by atoms with Crippen LogP contribution in [0.2, 0.25) is 0 Å². The molecule has 3 aromatic heterocycles. The molecule has 3 N–H and O–H groups in total. The van der Waals surface area contributed by atoms with Gasteiger partial charge in [-0.15, -0.1) is 11.3 Å². The Morgan fingerprint density at radius 2 is 1.84 bits per heavy atom. The zero-order valence-electron chi connectivity index (χ0n) is 10.5. The highest BCUT2D eigenvalue weighted by Gasteiger charge is 2.12. The highest BCUT2D eigenvalue weighted by atomic mass is 32.1. The second-order valence-electron chi connectivity index (χ2n) is 4.20. The van der Waals surface area contributed by atoms with Crippen LogP contribution < -0.4 is 11.3 Å². The lowest BCUT2D eigenvalue weighted by Gasteiger charge is -2.04. The number of anilines is 1. The van der Waals surface area contributed by atoms with E-state index < -0.39 is 0 Å². The van der Waals surface area contributed by atoms with Crippen molar-refractivity contribution in [1.82, 2.24) is 19.9 Å². The third-order valence-corrected chi connectivity index (χ3v) is 3.58. The van der Waals surface area contributed by atoms with Gasteiger partial charge in [-0.25, -0.2) is 25.8 Å². The summed E-state index contributed by atoms with van der Waals surface area (Å²) in [5.41, 5.74) is 3.60. The first-order chi connectivity index (χ1) is 9.17. The summed E-state index contributed by atoms with van der Waals surface area (Å²) in [6, 6.07) is 2.01. The summed E-state index contributed by atoms with van der Waals surface area (Å²) >= 11 is 1.59. The van der Waals surface area contributed by atoms with E-state index in [-0.39, 0.29) is 0 Å². The smallest absolute Gasteiger partial charge is 0.201 e. The molecule has 6 nitrogen and oxygen atoms in total. The van der Waals surface area contributed by atoms with Gasteiger partial charge in [-0.1, -0.05) is 0 Å². The molecule has 0 bridgehead atoms. The predicted octanol–water partition coefficient (Wildman–Crippen LogP) is 2.05. The predicted molar refractivity (Wildman–Crippen MR) is 75.7 cm³/mol. The summed E-state index contributed by atoms with van der Waals surface area (Å²) in [4.78, 5) is 19.4. The zero-order valence-corrected chi connectivity index (χ0v) is 11.3. The molecule has 7 heteroatoms. The lowest BCUT2D eigenvalue weighted by atomic mass is 10.3. The fourth-order valence-electron chi connectivity index (χ4n) is 1.76. The number of thiophene rings is 1. The Hall–Kier alpha value is -2.12. The van der Waals surface area contributed by atoms with Gasteiger partial charge in [0.25, 0.3) is 0 Å². The molecule has 0 spiro atoms. The van der Waals surface area contributed by atoms with E-state index in [1.54, 1.807) is 23.7 Å². The Kier molecular flexibility index (Phi) is 2.84. The molecule has 0 radical (unpaired) electrons. The van der Waals surface area contributed by atoms with E-state index in [2.05, 4.69) is 25.4 Å². The molecular weight excluding hydrogens is 260 g/mol. The number of nitrogens with two attached hydrogens (primary N) is 1. The molecule has 19 heavy (non-hydrogen) atoms. The van der Waals surface area contributed by atoms with Crippen LogP contribution >= 0.6 is 11.3 Å². The fraction of sp³-hybridized carbons (Fsp3) is 0.167. The van der Waals surface area contributed by atoms with Gasteiger partial charge in [0.05, 0.1) is 5.39 Å². The van der Waals surface area contributed by atoms with Crippen LogP contribution in [0.3, 0.4) is 0 Å². The second-order valence-corrected chi connectivity index (χ2v) is 5.43. The standard InChI is InChI=1S/C12H12N6S/c1-6-4-14-10(15-5-6)11-16-9(18-13)8-3-7(2)19-12(8)17-11/h3-5H,13H2,1-2H3,(H,16,17,18). The van der Waals surface area contributed by atoms with Crippen molar-refractivity contribution in [3.05, 3.63) is 28.9 Å². The van der Waals surface area contributed by atoms with E-state index in [9.17, 15) is 0 Å². The lowest BCUT2D eigenvalue weighted by molar-refractivity contribution is 1.08. The van der Waals surface area contributed by atoms with Crippen LogP contribution in [0.4, 0.5) is 5.82 Å². The summed E-state index contributed by atoms with van der Waals surface area (Å²) < 4.78 is 0. The lowest BCUT2D eigenvalue weighted by Crippen LogP contribution is -2.10. The molecule has 3 aromatic rings. The molecule has 0 fully saturated rings. The second kappa shape index (κ2) is 4.52. The molecule has 0 aliphatic heterocycles. The molecule has 0 aromatic carbocycles. The van der Waals surface area contributed by atoms with Crippen LogP contribution in [0, 0.1) is 13.8 Å². The van der Waals surface area contributed by atoms with Crippen LogP contribution in [-0.4, -0.2) is 19.9 Å². The van der Waals surface area contributed by atoms with Gasteiger partial charge in [-0.3, -0.25) is 0 Å². The molecule has 0 atom stereocenters. The van der Waals surface area contributed by atoms with Gasteiger partial charge in [0.1, 0.15) is 4.83 Å². The minimum atomic E-state index is 0.474. The first kappa shape index (κ1) is 11.9. The van der Waals surface area contributed by atoms with Crippen molar-refractivity contribution in [3.63, 3.8) is 0 Å². The number of hydrogen-bond acceptors (Lipinski definition) is 7. The number of nitrogens with one attached hydrogen (secondary N) is 1. The summed E-state index contributed by atoms with van der Waals surface area (Å²) in [6.45, 7) is 3.96. The Morgan fingerprint density at radius 3 is 2.53 bits per heavy atom. The molecule has 0 aliphatic carbocycles. The maximum atomic E-state index is 5.52. The minimum Gasteiger partial charge on any atom is -0.308 e. The summed E-state index contributed by atoms with van der Waals surface area (Å²) in [5, 5.41) is 0.917. The average Bonchev–Trinajstić information content (AvgIpc) is 2.78. The van der Waals surface area contributed by atoms with E-state index >= 15 is 0 Å². The SMILES string of the molecule is Cc1cnc(-c2nc(NN)c3cc(C)sc3n2)nc1. The van der Waals surface area contributed by atoms with E-state index in [1.165, 1.54) is 0 Å². The average molecular weight is 272 g/mol. The van der Waals surface area contributed by atoms with Gasteiger partial charge in [0, 0.05) is 17.3 Å². The van der Waals surface area contributed by atoms with E-state index in [0.29, 0.717) is 17.5 Å². The molecule has 0 amide bonds. The number of nitrogen functional groups attached to an aromatic ring is 1. The minimum absolute atomic E-state index is 0.474. The Balaban J connectivity index is 2.21. The van der Waals surface area contributed by atoms with E-state index in [4.69, 9.17) is 5.84 Å². The van der Waals surface area contributed by atoms with Crippen molar-refractivity contribution in [3.8, 4) is 11.6 Å². The largest absolute Gasteiger partial charge is 0.308 e. The molecule has 96 valence electrons. The number of aryl methyl sites for hydroxylation is 2. The Bertz CT molecular complexity index is 734. The van der Waals surface area contributed by atoms with Crippen molar-refractivity contribution in [2.45, 2.75) is 13.8 Å². The first-order valence-electron chi connectivity index (χ1n) is 5.71. The van der Waals surface area contributed by atoms with Crippen molar-refractivity contribution < 1.29 is 0 Å². The Morgan fingerprint density at radius 1 is 1.11 bits per heavy atom. The molecule has 0 saturated carbocycles. The molecule has 3 rings (SSSR count). The number of rotatable bonds is 2. The van der Waals surface area contributed by atoms with Crippen molar-refractivity contribution in [2.75, 3.05) is 5.43 Å². The van der Waals surface area contributed by atoms with Gasteiger partial charge in [-0.05, 0) is 25.5 Å². The van der Waals surface area contributed by atoms with Crippen LogP contribution in [0.25, 0.3) is 21.9 Å². The number of fused-ring (bicyclic) bond motifs is 1. The fourth-order valence-corrected chi connectivity index (χ4v) is 2.64. The van der Waals surface area contributed by atoms with Gasteiger partial charge >= 0.3 is 0 Å².